The first kappa shape index (κ1) is 19.5. The quantitative estimate of drug-likeness (QED) is 0.293. The number of esters is 1. The first-order chi connectivity index (χ1) is 10.9. The maximum absolute atomic E-state index is 12.7. The van der Waals surface area contributed by atoms with E-state index >= 15 is 0 Å². The maximum atomic E-state index is 12.7. The van der Waals surface area contributed by atoms with Crippen molar-refractivity contribution in [2.24, 2.45) is 0 Å². The van der Waals surface area contributed by atoms with Gasteiger partial charge in [0.25, 0.3) is 5.78 Å². The van der Waals surface area contributed by atoms with Gasteiger partial charge in [-0.05, 0) is 25.1 Å². The molecular formula is C14H10F6O4. The Morgan fingerprint density at radius 1 is 1.04 bits per heavy atom. The Morgan fingerprint density at radius 2 is 1.50 bits per heavy atom. The van der Waals surface area contributed by atoms with Crippen molar-refractivity contribution in [3.05, 3.63) is 41.0 Å². The molecule has 24 heavy (non-hydrogen) atoms. The summed E-state index contributed by atoms with van der Waals surface area (Å²) in [5.74, 6) is -4.07. The van der Waals surface area contributed by atoms with Crippen molar-refractivity contribution in [1.29, 1.82) is 0 Å². The van der Waals surface area contributed by atoms with Crippen LogP contribution < -0.4 is 0 Å². The second-order valence-electron chi connectivity index (χ2n) is 4.41. The summed E-state index contributed by atoms with van der Waals surface area (Å²) in [6.07, 6.45) is -10.0. The number of benzene rings is 1. The number of carbonyl (C=O) groups is 2. The summed E-state index contributed by atoms with van der Waals surface area (Å²) >= 11 is 0. The van der Waals surface area contributed by atoms with Gasteiger partial charge in [-0.15, -0.1) is 0 Å². The van der Waals surface area contributed by atoms with Gasteiger partial charge in [-0.1, -0.05) is 0 Å². The van der Waals surface area contributed by atoms with Gasteiger partial charge in [0.15, 0.2) is 0 Å². The Hall–Kier alpha value is -2.52. The van der Waals surface area contributed by atoms with E-state index in [2.05, 4.69) is 4.74 Å². The van der Waals surface area contributed by atoms with Crippen molar-refractivity contribution in [2.45, 2.75) is 19.3 Å². The number of rotatable bonds is 4. The second kappa shape index (κ2) is 6.93. The highest BCUT2D eigenvalue weighted by Gasteiger charge is 2.37. The lowest BCUT2D eigenvalue weighted by molar-refractivity contribution is -0.151. The molecule has 0 aliphatic heterocycles. The van der Waals surface area contributed by atoms with Crippen LogP contribution in [0.4, 0.5) is 26.3 Å². The molecule has 1 aromatic carbocycles. The van der Waals surface area contributed by atoms with Crippen molar-refractivity contribution < 1.29 is 45.8 Å². The highest BCUT2D eigenvalue weighted by molar-refractivity contribution is 6.39. The molecule has 0 atom stereocenters. The number of alkyl halides is 6. The first-order valence-corrected chi connectivity index (χ1v) is 6.28. The minimum absolute atomic E-state index is 0.135. The highest BCUT2D eigenvalue weighted by Crippen LogP contribution is 2.37. The molecular weight excluding hydrogens is 346 g/mol. The van der Waals surface area contributed by atoms with E-state index in [9.17, 15) is 41.0 Å². The van der Waals surface area contributed by atoms with Crippen LogP contribution in [0.5, 0.6) is 0 Å². The molecule has 10 heteroatoms. The molecule has 0 bridgehead atoms. The minimum atomic E-state index is -5.11. The predicted molar refractivity (Wildman–Crippen MR) is 68.7 cm³/mol. The molecule has 0 unspecified atom stereocenters. The van der Waals surface area contributed by atoms with E-state index in [1.165, 1.54) is 6.92 Å². The van der Waals surface area contributed by atoms with Crippen LogP contribution >= 0.6 is 0 Å². The molecule has 0 heterocycles. The van der Waals surface area contributed by atoms with Gasteiger partial charge in [-0.25, -0.2) is 4.79 Å². The molecule has 0 radical (unpaired) electrons. The third-order valence-corrected chi connectivity index (χ3v) is 2.63. The molecule has 0 aliphatic rings. The Morgan fingerprint density at radius 3 is 1.88 bits per heavy atom. The van der Waals surface area contributed by atoms with Crippen molar-refractivity contribution in [1.82, 2.24) is 0 Å². The lowest BCUT2D eigenvalue weighted by Gasteiger charge is -2.13. The third kappa shape index (κ3) is 5.00. The fourth-order valence-corrected chi connectivity index (χ4v) is 1.57. The number of aliphatic hydroxyl groups is 1. The summed E-state index contributed by atoms with van der Waals surface area (Å²) in [5, 5.41) is 9.59. The van der Waals surface area contributed by atoms with Gasteiger partial charge in [0.2, 0.25) is 0 Å². The normalized spacial score (nSPS) is 12.9. The van der Waals surface area contributed by atoms with E-state index < -0.39 is 46.6 Å². The van der Waals surface area contributed by atoms with Crippen molar-refractivity contribution in [3.63, 3.8) is 0 Å². The lowest BCUT2D eigenvalue weighted by atomic mass is 10.0. The Balaban J connectivity index is 3.37. The smallest absolute Gasteiger partial charge is 0.416 e. The van der Waals surface area contributed by atoms with Crippen molar-refractivity contribution in [3.8, 4) is 0 Å². The number of ketones is 1. The van der Waals surface area contributed by atoms with Gasteiger partial charge in [0.1, 0.15) is 5.76 Å². The number of aliphatic hydroxyl groups excluding tert-OH is 1. The number of hydrogen-bond donors (Lipinski definition) is 1. The van der Waals surface area contributed by atoms with Gasteiger partial charge < -0.3 is 9.84 Å². The van der Waals surface area contributed by atoms with Crippen LogP contribution in [0.3, 0.4) is 0 Å². The first-order valence-electron chi connectivity index (χ1n) is 6.28. The van der Waals surface area contributed by atoms with Crippen LogP contribution in [0.15, 0.2) is 24.3 Å². The summed E-state index contributed by atoms with van der Waals surface area (Å²) < 4.78 is 80.4. The van der Waals surface area contributed by atoms with Gasteiger partial charge in [0, 0.05) is 11.6 Å². The molecule has 0 spiro atoms. The largest absolute Gasteiger partial charge is 0.507 e. The zero-order chi connectivity index (χ0) is 18.7. The number of carbonyl (C=O) groups excluding carboxylic acids is 2. The molecule has 0 saturated carbocycles. The third-order valence-electron chi connectivity index (χ3n) is 2.63. The summed E-state index contributed by atoms with van der Waals surface area (Å²) in [5.41, 5.74) is -4.26. The van der Waals surface area contributed by atoms with Gasteiger partial charge in [0.05, 0.1) is 17.7 Å². The van der Waals surface area contributed by atoms with E-state index in [0.717, 1.165) is 0 Å². The average molecular weight is 356 g/mol. The van der Waals surface area contributed by atoms with E-state index in [4.69, 9.17) is 0 Å². The maximum Gasteiger partial charge on any atom is 0.416 e. The molecule has 1 rings (SSSR count). The Labute approximate surface area is 131 Å². The molecule has 0 aromatic heterocycles. The van der Waals surface area contributed by atoms with Crippen molar-refractivity contribution in [2.75, 3.05) is 6.61 Å². The molecule has 0 fully saturated rings. The molecule has 132 valence electrons. The van der Waals surface area contributed by atoms with Crippen LogP contribution in [0.2, 0.25) is 0 Å². The molecule has 0 amide bonds. The average Bonchev–Trinajstić information content (AvgIpc) is 2.45. The van der Waals surface area contributed by atoms with E-state index in [1.54, 1.807) is 0 Å². The second-order valence-corrected chi connectivity index (χ2v) is 4.41. The van der Waals surface area contributed by atoms with Gasteiger partial charge in [-0.2, -0.15) is 26.3 Å². The predicted octanol–water partition coefficient (Wildman–Crippen LogP) is 3.76. The zero-order valence-corrected chi connectivity index (χ0v) is 12.0. The van der Waals surface area contributed by atoms with Crippen LogP contribution in [-0.4, -0.2) is 23.5 Å². The lowest BCUT2D eigenvalue weighted by Crippen LogP contribution is -2.15. The van der Waals surface area contributed by atoms with Crippen LogP contribution in [0.25, 0.3) is 5.76 Å². The topological polar surface area (TPSA) is 63.6 Å². The van der Waals surface area contributed by atoms with Crippen LogP contribution in [-0.2, 0) is 26.7 Å². The monoisotopic (exact) mass is 356 g/mol. The summed E-state index contributed by atoms with van der Waals surface area (Å²) in [7, 11) is 0. The number of halogens is 6. The Kier molecular flexibility index (Phi) is 5.64. The fourth-order valence-electron chi connectivity index (χ4n) is 1.57. The molecule has 1 N–H and O–H groups in total. The van der Waals surface area contributed by atoms with E-state index in [1.807, 2.05) is 0 Å². The van der Waals surface area contributed by atoms with Crippen molar-refractivity contribution >= 4 is 17.5 Å². The zero-order valence-electron chi connectivity index (χ0n) is 12.0. The summed E-state index contributed by atoms with van der Waals surface area (Å²) in [6, 6.07) is 0.308. The minimum Gasteiger partial charge on any atom is -0.507 e. The summed E-state index contributed by atoms with van der Waals surface area (Å²) in [6.45, 7) is 1.19. The summed E-state index contributed by atoms with van der Waals surface area (Å²) in [4.78, 5) is 22.4. The standard InChI is InChI=1S/C14H10F6O4/c1-2-24-12(23)11(22)6-10(21)7-3-8(13(15,16)17)5-9(4-7)14(18,19)20/h3-6,21H,2H2,1H3/b10-6-. The fraction of sp³-hybridized carbons (Fsp3) is 0.286. The van der Waals surface area contributed by atoms with Crippen LogP contribution in [0.1, 0.15) is 23.6 Å². The molecule has 4 nitrogen and oxygen atoms in total. The number of hydrogen-bond acceptors (Lipinski definition) is 4. The van der Waals surface area contributed by atoms with Gasteiger partial charge in [-0.3, -0.25) is 4.79 Å². The van der Waals surface area contributed by atoms with Crippen LogP contribution in [0, 0.1) is 0 Å². The van der Waals surface area contributed by atoms with E-state index in [0.29, 0.717) is 0 Å². The number of ether oxygens (including phenoxy) is 1. The van der Waals surface area contributed by atoms with Gasteiger partial charge >= 0.3 is 18.3 Å². The van der Waals surface area contributed by atoms with E-state index in [-0.39, 0.29) is 30.9 Å². The molecule has 0 saturated heterocycles. The Bertz CT molecular complexity index is 641. The molecule has 0 aliphatic carbocycles. The molecule has 1 aromatic rings. The highest BCUT2D eigenvalue weighted by atomic mass is 19.4. The SMILES string of the molecule is CCOC(=O)C(=O)/C=C(\O)c1cc(C(F)(F)F)cc(C(F)(F)F)c1.